The number of nitrogens with zero attached hydrogens (tertiary/aromatic N) is 1. The fourth-order valence-electron chi connectivity index (χ4n) is 2.40. The largest absolute Gasteiger partial charge is 0.324 e. The zero-order chi connectivity index (χ0) is 17.9. The van der Waals surface area contributed by atoms with Crippen molar-refractivity contribution in [1.29, 1.82) is 0 Å². The number of hydrogen-bond acceptors (Lipinski definition) is 4. The van der Waals surface area contributed by atoms with Crippen LogP contribution >= 0.6 is 0 Å². The summed E-state index contributed by atoms with van der Waals surface area (Å²) in [4.78, 5) is 16.3. The van der Waals surface area contributed by atoms with Crippen molar-refractivity contribution in [2.75, 3.05) is 11.1 Å². The van der Waals surface area contributed by atoms with Gasteiger partial charge in [-0.25, -0.2) is 12.8 Å². The van der Waals surface area contributed by atoms with Gasteiger partial charge in [0.15, 0.2) is 9.84 Å². The molecule has 1 amide bonds. The molecule has 1 aromatic heterocycles. The Balaban J connectivity index is 1.69. The Bertz CT molecular complexity index is 1010. The van der Waals surface area contributed by atoms with E-state index in [1.165, 1.54) is 12.1 Å². The van der Waals surface area contributed by atoms with Crippen molar-refractivity contribution in [2.45, 2.75) is 11.3 Å². The first-order chi connectivity index (χ1) is 12.0. The molecule has 0 atom stereocenters. The molecule has 7 heteroatoms. The predicted octanol–water partition coefficient (Wildman–Crippen LogP) is 3.18. The maximum absolute atomic E-state index is 12.9. The van der Waals surface area contributed by atoms with Gasteiger partial charge in [-0.1, -0.05) is 18.2 Å². The van der Waals surface area contributed by atoms with Crippen LogP contribution < -0.4 is 5.32 Å². The Morgan fingerprint density at radius 2 is 1.76 bits per heavy atom. The number of nitrogens with one attached hydrogen (secondary N) is 1. The number of para-hydroxylation sites is 1. The van der Waals surface area contributed by atoms with Crippen molar-refractivity contribution in [3.63, 3.8) is 0 Å². The zero-order valence-electron chi connectivity index (χ0n) is 13.1. The summed E-state index contributed by atoms with van der Waals surface area (Å²) in [6.45, 7) is 0. The molecule has 0 saturated heterocycles. The smallest absolute Gasteiger partial charge is 0.225 e. The number of rotatable bonds is 5. The van der Waals surface area contributed by atoms with Crippen LogP contribution in [-0.4, -0.2) is 25.1 Å². The summed E-state index contributed by atoms with van der Waals surface area (Å²) < 4.78 is 37.3. The summed E-state index contributed by atoms with van der Waals surface area (Å²) in [5, 5.41) is 3.57. The topological polar surface area (TPSA) is 76.1 Å². The number of hydrogen-bond donors (Lipinski definition) is 1. The average molecular weight is 358 g/mol. The van der Waals surface area contributed by atoms with E-state index in [1.54, 1.807) is 24.4 Å². The van der Waals surface area contributed by atoms with Crippen LogP contribution in [0.25, 0.3) is 10.9 Å². The molecule has 0 spiro atoms. The van der Waals surface area contributed by atoms with E-state index >= 15 is 0 Å². The maximum atomic E-state index is 12.9. The van der Waals surface area contributed by atoms with Crippen molar-refractivity contribution in [1.82, 2.24) is 4.98 Å². The first-order valence-electron chi connectivity index (χ1n) is 7.58. The molecule has 0 unspecified atom stereocenters. The maximum Gasteiger partial charge on any atom is 0.225 e. The Morgan fingerprint density at radius 3 is 2.52 bits per heavy atom. The molecule has 128 valence electrons. The van der Waals surface area contributed by atoms with Crippen LogP contribution in [0.5, 0.6) is 0 Å². The molecule has 2 aromatic carbocycles. The lowest BCUT2D eigenvalue weighted by atomic mass is 10.2. The molecule has 0 radical (unpaired) electrons. The molecule has 25 heavy (non-hydrogen) atoms. The number of carbonyl (C=O) groups is 1. The molecule has 0 aliphatic heterocycles. The first kappa shape index (κ1) is 17.0. The summed E-state index contributed by atoms with van der Waals surface area (Å²) in [5.74, 6) is -1.30. The minimum atomic E-state index is -3.65. The molecule has 3 aromatic rings. The number of sulfone groups is 1. The van der Waals surface area contributed by atoms with Crippen LogP contribution in [0.3, 0.4) is 0 Å². The molecule has 1 N–H and O–H groups in total. The highest BCUT2D eigenvalue weighted by atomic mass is 32.2. The number of amides is 1. The van der Waals surface area contributed by atoms with Crippen LogP contribution in [0.4, 0.5) is 10.1 Å². The minimum absolute atomic E-state index is 0.00599. The number of carbonyl (C=O) groups excluding carboxylic acids is 1. The van der Waals surface area contributed by atoms with Gasteiger partial charge >= 0.3 is 0 Å². The van der Waals surface area contributed by atoms with Gasteiger partial charge in [0, 0.05) is 18.0 Å². The van der Waals surface area contributed by atoms with Gasteiger partial charge in [0.2, 0.25) is 5.91 Å². The van der Waals surface area contributed by atoms with Crippen LogP contribution in [0, 0.1) is 5.82 Å². The quantitative estimate of drug-likeness (QED) is 0.711. The van der Waals surface area contributed by atoms with E-state index in [-0.39, 0.29) is 17.1 Å². The van der Waals surface area contributed by atoms with E-state index in [1.807, 2.05) is 12.1 Å². The predicted molar refractivity (Wildman–Crippen MR) is 93.4 cm³/mol. The second-order valence-corrected chi connectivity index (χ2v) is 7.56. The van der Waals surface area contributed by atoms with Crippen molar-refractivity contribution in [3.8, 4) is 0 Å². The Labute approximate surface area is 144 Å². The summed E-state index contributed by atoms with van der Waals surface area (Å²) in [6.07, 6.45) is 1.42. The number of halogens is 1. The standard InChI is InChI=1S/C18H15FN2O3S/c19-14-6-8-15(9-7-14)25(23,24)12-10-17(22)21-16-5-1-3-13-4-2-11-20-18(13)16/h1-9,11H,10,12H2,(H,21,22). The minimum Gasteiger partial charge on any atom is -0.324 e. The van der Waals surface area contributed by atoms with Crippen LogP contribution in [-0.2, 0) is 14.6 Å². The summed E-state index contributed by atoms with van der Waals surface area (Å²) >= 11 is 0. The number of benzene rings is 2. The van der Waals surface area contributed by atoms with Crippen molar-refractivity contribution in [3.05, 3.63) is 66.6 Å². The summed E-state index contributed by atoms with van der Waals surface area (Å²) in [7, 11) is -3.65. The Hall–Kier alpha value is -2.80. The van der Waals surface area contributed by atoms with Gasteiger partial charge in [0.1, 0.15) is 5.82 Å². The highest BCUT2D eigenvalue weighted by Gasteiger charge is 2.17. The average Bonchev–Trinajstić information content (AvgIpc) is 2.61. The van der Waals surface area contributed by atoms with Gasteiger partial charge in [0.25, 0.3) is 0 Å². The second-order valence-electron chi connectivity index (χ2n) is 5.45. The zero-order valence-corrected chi connectivity index (χ0v) is 14.0. The Kier molecular flexibility index (Phi) is 4.76. The lowest BCUT2D eigenvalue weighted by Crippen LogP contribution is -2.17. The third-order valence-electron chi connectivity index (χ3n) is 3.68. The molecule has 0 saturated carbocycles. The first-order valence-corrected chi connectivity index (χ1v) is 9.23. The van der Waals surface area contributed by atoms with E-state index in [2.05, 4.69) is 10.3 Å². The van der Waals surface area contributed by atoms with Crippen molar-refractivity contribution in [2.24, 2.45) is 0 Å². The Morgan fingerprint density at radius 1 is 1.04 bits per heavy atom. The third-order valence-corrected chi connectivity index (χ3v) is 5.41. The van der Waals surface area contributed by atoms with Gasteiger partial charge in [-0.15, -0.1) is 0 Å². The molecular weight excluding hydrogens is 343 g/mol. The molecule has 0 bridgehead atoms. The second kappa shape index (κ2) is 6.98. The SMILES string of the molecule is O=C(CCS(=O)(=O)c1ccc(F)cc1)Nc1cccc2cccnc12. The van der Waals surface area contributed by atoms with Crippen molar-refractivity contribution < 1.29 is 17.6 Å². The lowest BCUT2D eigenvalue weighted by Gasteiger charge is -2.08. The van der Waals surface area contributed by atoms with Crippen LogP contribution in [0.2, 0.25) is 0 Å². The fourth-order valence-corrected chi connectivity index (χ4v) is 3.65. The summed E-state index contributed by atoms with van der Waals surface area (Å²) in [5.41, 5.74) is 1.17. The monoisotopic (exact) mass is 358 g/mol. The van der Waals surface area contributed by atoms with Gasteiger partial charge in [0.05, 0.1) is 21.9 Å². The van der Waals surface area contributed by atoms with E-state index in [0.29, 0.717) is 11.2 Å². The number of aromatic nitrogens is 1. The van der Waals surface area contributed by atoms with Crippen LogP contribution in [0.15, 0.2) is 65.7 Å². The molecular formula is C18H15FN2O3S. The highest BCUT2D eigenvalue weighted by molar-refractivity contribution is 7.91. The van der Waals surface area contributed by atoms with E-state index in [4.69, 9.17) is 0 Å². The molecule has 3 rings (SSSR count). The van der Waals surface area contributed by atoms with E-state index in [9.17, 15) is 17.6 Å². The number of anilines is 1. The van der Waals surface area contributed by atoms with Crippen molar-refractivity contribution >= 4 is 32.3 Å². The lowest BCUT2D eigenvalue weighted by molar-refractivity contribution is -0.115. The fraction of sp³-hybridized carbons (Fsp3) is 0.111. The molecule has 0 fully saturated rings. The van der Waals surface area contributed by atoms with Gasteiger partial charge in [-0.3, -0.25) is 9.78 Å². The van der Waals surface area contributed by atoms with E-state index < -0.39 is 21.6 Å². The van der Waals surface area contributed by atoms with Gasteiger partial charge in [-0.2, -0.15) is 0 Å². The molecule has 5 nitrogen and oxygen atoms in total. The highest BCUT2D eigenvalue weighted by Crippen LogP contribution is 2.21. The van der Waals surface area contributed by atoms with E-state index in [0.717, 1.165) is 17.5 Å². The van der Waals surface area contributed by atoms with Gasteiger partial charge in [-0.05, 0) is 36.4 Å². The number of pyridine rings is 1. The van der Waals surface area contributed by atoms with Crippen LogP contribution in [0.1, 0.15) is 6.42 Å². The third kappa shape index (κ3) is 4.00. The molecule has 1 heterocycles. The summed E-state index contributed by atoms with van der Waals surface area (Å²) in [6, 6.07) is 13.6. The van der Waals surface area contributed by atoms with Gasteiger partial charge < -0.3 is 5.32 Å². The molecule has 0 aliphatic carbocycles. The normalized spacial score (nSPS) is 11.4. The molecule has 0 aliphatic rings. The number of fused-ring (bicyclic) bond motifs is 1.